The molecule has 1 rings (SSSR count). The molecule has 0 spiro atoms. The molecular formula is C10H23Cl2N3O2. The number of nitrogens with one attached hydrogen (secondary N) is 2. The predicted molar refractivity (Wildman–Crippen MR) is 73.3 cm³/mol. The molecule has 1 aliphatic rings. The molecule has 0 aromatic rings. The third-order valence-electron chi connectivity index (χ3n) is 2.56. The summed E-state index contributed by atoms with van der Waals surface area (Å²) in [5, 5.41) is 5.69. The predicted octanol–water partition coefficient (Wildman–Crippen LogP) is -0.114. The minimum atomic E-state index is 0. The molecule has 1 unspecified atom stereocenters. The van der Waals surface area contributed by atoms with Crippen molar-refractivity contribution >= 4 is 30.7 Å². The summed E-state index contributed by atoms with van der Waals surface area (Å²) in [5.74, 6) is 0.0541. The van der Waals surface area contributed by atoms with Gasteiger partial charge >= 0.3 is 0 Å². The molecule has 1 saturated heterocycles. The van der Waals surface area contributed by atoms with Crippen molar-refractivity contribution in [1.82, 2.24) is 15.5 Å². The van der Waals surface area contributed by atoms with Crippen LogP contribution in [-0.2, 0) is 9.53 Å². The summed E-state index contributed by atoms with van der Waals surface area (Å²) in [6, 6.07) is 0.458. The van der Waals surface area contributed by atoms with Crippen molar-refractivity contribution in [1.29, 1.82) is 0 Å². The van der Waals surface area contributed by atoms with Crippen LogP contribution in [0.15, 0.2) is 0 Å². The summed E-state index contributed by atoms with van der Waals surface area (Å²) in [6.07, 6.45) is 0. The molecule has 0 saturated carbocycles. The van der Waals surface area contributed by atoms with Crippen LogP contribution < -0.4 is 10.6 Å². The van der Waals surface area contributed by atoms with Crippen LogP contribution in [0.2, 0.25) is 0 Å². The quantitative estimate of drug-likeness (QED) is 0.741. The fourth-order valence-corrected chi connectivity index (χ4v) is 1.66. The van der Waals surface area contributed by atoms with Gasteiger partial charge in [0.05, 0.1) is 19.8 Å². The summed E-state index contributed by atoms with van der Waals surface area (Å²) < 4.78 is 5.34. The molecule has 1 amide bonds. The smallest absolute Gasteiger partial charge is 0.233 e. The third-order valence-corrected chi connectivity index (χ3v) is 2.56. The molecule has 1 aliphatic heterocycles. The average Bonchev–Trinajstić information content (AvgIpc) is 2.21. The van der Waals surface area contributed by atoms with E-state index in [1.54, 1.807) is 7.05 Å². The third kappa shape index (κ3) is 7.78. The van der Waals surface area contributed by atoms with E-state index in [2.05, 4.69) is 22.5 Å². The lowest BCUT2D eigenvalue weighted by molar-refractivity contribution is -0.120. The van der Waals surface area contributed by atoms with Crippen LogP contribution in [0.1, 0.15) is 6.92 Å². The van der Waals surface area contributed by atoms with Crippen LogP contribution in [0.5, 0.6) is 0 Å². The number of nitrogens with zero attached hydrogens (tertiary/aromatic N) is 1. The largest absolute Gasteiger partial charge is 0.379 e. The normalized spacial score (nSPS) is 20.0. The number of amides is 1. The van der Waals surface area contributed by atoms with Crippen LogP contribution in [0.25, 0.3) is 0 Å². The van der Waals surface area contributed by atoms with Gasteiger partial charge in [-0.25, -0.2) is 0 Å². The van der Waals surface area contributed by atoms with E-state index in [1.165, 1.54) is 0 Å². The first kappa shape index (κ1) is 19.3. The SMILES string of the molecule is CNCC(=O)NCCN1CCOCC1C.Cl.Cl. The molecule has 0 bridgehead atoms. The van der Waals surface area contributed by atoms with E-state index in [4.69, 9.17) is 4.74 Å². The van der Waals surface area contributed by atoms with Crippen molar-refractivity contribution in [3.8, 4) is 0 Å². The Morgan fingerprint density at radius 2 is 2.18 bits per heavy atom. The second-order valence-electron chi connectivity index (χ2n) is 3.84. The Bertz CT molecular complexity index is 208. The first-order chi connectivity index (χ1) is 7.24. The van der Waals surface area contributed by atoms with Crippen LogP contribution >= 0.6 is 24.8 Å². The molecule has 17 heavy (non-hydrogen) atoms. The van der Waals surface area contributed by atoms with Crippen molar-refractivity contribution in [2.75, 3.05) is 46.4 Å². The zero-order valence-corrected chi connectivity index (χ0v) is 12.0. The number of likely N-dealkylation sites (N-methyl/N-ethyl adjacent to an activating group) is 1. The highest BCUT2D eigenvalue weighted by atomic mass is 35.5. The average molecular weight is 288 g/mol. The molecule has 5 nitrogen and oxygen atoms in total. The maximum atomic E-state index is 11.1. The van der Waals surface area contributed by atoms with Crippen LogP contribution in [0.4, 0.5) is 0 Å². The first-order valence-electron chi connectivity index (χ1n) is 5.47. The summed E-state index contributed by atoms with van der Waals surface area (Å²) in [5.41, 5.74) is 0. The van der Waals surface area contributed by atoms with Crippen molar-refractivity contribution in [3.63, 3.8) is 0 Å². The standard InChI is InChI=1S/C10H21N3O2.2ClH/c1-9-8-15-6-5-13(9)4-3-12-10(14)7-11-2;;/h9,11H,3-8H2,1-2H3,(H,12,14);2*1H. The van der Waals surface area contributed by atoms with Gasteiger partial charge < -0.3 is 15.4 Å². The molecule has 1 atom stereocenters. The number of hydrogen-bond donors (Lipinski definition) is 2. The Hall–Kier alpha value is -0.0700. The highest BCUT2D eigenvalue weighted by Crippen LogP contribution is 2.04. The summed E-state index contributed by atoms with van der Waals surface area (Å²) in [6.45, 7) is 6.71. The van der Waals surface area contributed by atoms with Crippen molar-refractivity contribution < 1.29 is 9.53 Å². The Balaban J connectivity index is 0. The molecule has 1 heterocycles. The highest BCUT2D eigenvalue weighted by Gasteiger charge is 2.17. The second-order valence-corrected chi connectivity index (χ2v) is 3.84. The van der Waals surface area contributed by atoms with E-state index in [1.807, 2.05) is 0 Å². The van der Waals surface area contributed by atoms with Gasteiger partial charge in [0.1, 0.15) is 0 Å². The summed E-state index contributed by atoms with van der Waals surface area (Å²) in [7, 11) is 1.77. The molecule has 2 N–H and O–H groups in total. The summed E-state index contributed by atoms with van der Waals surface area (Å²) >= 11 is 0. The maximum absolute atomic E-state index is 11.1. The molecule has 1 fully saturated rings. The van der Waals surface area contributed by atoms with E-state index < -0.39 is 0 Å². The van der Waals surface area contributed by atoms with Gasteiger partial charge in [0.15, 0.2) is 0 Å². The summed E-state index contributed by atoms with van der Waals surface area (Å²) in [4.78, 5) is 13.5. The van der Waals surface area contributed by atoms with Gasteiger partial charge in [0.2, 0.25) is 5.91 Å². The Kier molecular flexibility index (Phi) is 12.5. The number of halogens is 2. The first-order valence-corrected chi connectivity index (χ1v) is 5.47. The van der Waals surface area contributed by atoms with E-state index in [0.29, 0.717) is 19.1 Å². The second kappa shape index (κ2) is 11.0. The van der Waals surface area contributed by atoms with Crippen LogP contribution in [0.3, 0.4) is 0 Å². The highest BCUT2D eigenvalue weighted by molar-refractivity contribution is 5.85. The number of carbonyl (C=O) groups is 1. The molecule has 104 valence electrons. The van der Waals surface area contributed by atoms with Crippen molar-refractivity contribution in [2.45, 2.75) is 13.0 Å². The van der Waals surface area contributed by atoms with Gasteiger partial charge in [-0.1, -0.05) is 0 Å². The topological polar surface area (TPSA) is 53.6 Å². The van der Waals surface area contributed by atoms with Gasteiger partial charge in [-0.05, 0) is 14.0 Å². The van der Waals surface area contributed by atoms with Gasteiger partial charge in [-0.2, -0.15) is 0 Å². The fourth-order valence-electron chi connectivity index (χ4n) is 1.66. The molecule has 0 aromatic carbocycles. The number of ether oxygens (including phenoxy) is 1. The van der Waals surface area contributed by atoms with Crippen molar-refractivity contribution in [2.24, 2.45) is 0 Å². The van der Waals surface area contributed by atoms with E-state index in [9.17, 15) is 4.79 Å². The lowest BCUT2D eigenvalue weighted by Crippen LogP contribution is -2.47. The van der Waals surface area contributed by atoms with Gasteiger partial charge in [-0.3, -0.25) is 9.69 Å². The number of hydrogen-bond acceptors (Lipinski definition) is 4. The Morgan fingerprint density at radius 1 is 1.47 bits per heavy atom. The molecule has 0 aromatic heterocycles. The maximum Gasteiger partial charge on any atom is 0.233 e. The van der Waals surface area contributed by atoms with Crippen LogP contribution in [-0.4, -0.2) is 63.3 Å². The lowest BCUT2D eigenvalue weighted by Gasteiger charge is -2.33. The zero-order valence-electron chi connectivity index (χ0n) is 10.4. The van der Waals surface area contributed by atoms with Gasteiger partial charge in [0.25, 0.3) is 0 Å². The van der Waals surface area contributed by atoms with E-state index in [-0.39, 0.29) is 30.7 Å². The molecule has 0 aliphatic carbocycles. The Morgan fingerprint density at radius 3 is 2.76 bits per heavy atom. The number of carbonyl (C=O) groups excluding carboxylic acids is 1. The number of rotatable bonds is 5. The fraction of sp³-hybridized carbons (Fsp3) is 0.900. The zero-order chi connectivity index (χ0) is 11.1. The van der Waals surface area contributed by atoms with Gasteiger partial charge in [-0.15, -0.1) is 24.8 Å². The van der Waals surface area contributed by atoms with Gasteiger partial charge in [0, 0.05) is 25.7 Å². The molecular weight excluding hydrogens is 265 g/mol. The van der Waals surface area contributed by atoms with Crippen LogP contribution in [0, 0.1) is 0 Å². The lowest BCUT2D eigenvalue weighted by atomic mass is 10.2. The molecule has 7 heteroatoms. The minimum Gasteiger partial charge on any atom is -0.379 e. The van der Waals surface area contributed by atoms with E-state index in [0.717, 1.165) is 26.3 Å². The number of morpholine rings is 1. The van der Waals surface area contributed by atoms with Crippen molar-refractivity contribution in [3.05, 3.63) is 0 Å². The van der Waals surface area contributed by atoms with E-state index >= 15 is 0 Å². The minimum absolute atomic E-state index is 0. The Labute approximate surface area is 115 Å². The molecule has 0 radical (unpaired) electrons. The monoisotopic (exact) mass is 287 g/mol.